The van der Waals surface area contributed by atoms with E-state index in [1.807, 2.05) is 0 Å². The van der Waals surface area contributed by atoms with Crippen LogP contribution in [0, 0.1) is 0 Å². The van der Waals surface area contributed by atoms with Crippen molar-refractivity contribution in [3.63, 3.8) is 0 Å². The number of carbonyl (C=O) groups excluding carboxylic acids is 4. The molecule has 4 heterocycles. The number of carbonyl (C=O) groups is 4. The van der Waals surface area contributed by atoms with Crippen molar-refractivity contribution in [2.45, 2.75) is 12.8 Å². The van der Waals surface area contributed by atoms with Crippen molar-refractivity contribution in [1.82, 2.24) is 10.6 Å². The summed E-state index contributed by atoms with van der Waals surface area (Å²) in [6, 6.07) is 0. The van der Waals surface area contributed by atoms with Gasteiger partial charge in [0.05, 0.1) is 31.1 Å². The first-order valence-electron chi connectivity index (χ1n) is 6.11. The van der Waals surface area contributed by atoms with Crippen LogP contribution in [0.2, 0.25) is 0 Å². The maximum absolute atomic E-state index is 11.8. The van der Waals surface area contributed by atoms with Crippen LogP contribution < -0.4 is 10.6 Å². The molecular formula is C12H6N2O4S4. The molecule has 0 aromatic heterocycles. The van der Waals surface area contributed by atoms with Gasteiger partial charge in [0.1, 0.15) is 0 Å². The number of thioether (sulfide) groups is 4. The van der Waals surface area contributed by atoms with Gasteiger partial charge in [0.2, 0.25) is 11.8 Å². The van der Waals surface area contributed by atoms with Gasteiger partial charge in [-0.05, 0) is 0 Å². The predicted octanol–water partition coefficient (Wildman–Crippen LogP) is 1.59. The Balaban J connectivity index is 1.60. The highest BCUT2D eigenvalue weighted by molar-refractivity contribution is 8.34. The number of hydrogen-bond donors (Lipinski definition) is 2. The van der Waals surface area contributed by atoms with Crippen molar-refractivity contribution >= 4 is 70.7 Å². The van der Waals surface area contributed by atoms with E-state index >= 15 is 0 Å². The third kappa shape index (κ3) is 2.34. The molecule has 2 N–H and O–H groups in total. The van der Waals surface area contributed by atoms with Crippen LogP contribution >= 0.6 is 47.0 Å². The van der Waals surface area contributed by atoms with E-state index < -0.39 is 0 Å². The Morgan fingerprint density at radius 1 is 0.636 bits per heavy atom. The standard InChI is InChI=1S/C12H6N2O4S4/c15-5-1-3-7(9(17)13-5)21-11(19-3)12-20-4-2-6(16)14-10(18)8(4)22-12/h1-2H2,(H,13,15,17)(H,14,16,18)/b12-11-. The fraction of sp³-hybridized carbons (Fsp3) is 0.167. The molecule has 112 valence electrons. The monoisotopic (exact) mass is 370 g/mol. The van der Waals surface area contributed by atoms with Gasteiger partial charge in [-0.3, -0.25) is 29.8 Å². The molecule has 6 nitrogen and oxygen atoms in total. The maximum Gasteiger partial charge on any atom is 0.265 e. The van der Waals surface area contributed by atoms with Crippen LogP contribution in [0.5, 0.6) is 0 Å². The number of nitrogens with one attached hydrogen (secondary N) is 2. The second-order valence-corrected chi connectivity index (χ2v) is 9.36. The molecule has 0 unspecified atom stereocenters. The molecule has 4 aliphatic rings. The van der Waals surface area contributed by atoms with Gasteiger partial charge >= 0.3 is 0 Å². The third-order valence-corrected chi connectivity index (χ3v) is 8.85. The molecule has 4 amide bonds. The maximum atomic E-state index is 11.8. The van der Waals surface area contributed by atoms with Crippen molar-refractivity contribution < 1.29 is 19.2 Å². The Hall–Kier alpha value is -1.10. The summed E-state index contributed by atoms with van der Waals surface area (Å²) >= 11 is 5.45. The zero-order valence-corrected chi connectivity index (χ0v) is 13.9. The lowest BCUT2D eigenvalue weighted by Crippen LogP contribution is -2.34. The van der Waals surface area contributed by atoms with Gasteiger partial charge < -0.3 is 0 Å². The molecule has 4 rings (SSSR count). The lowest BCUT2D eigenvalue weighted by atomic mass is 10.3. The van der Waals surface area contributed by atoms with Gasteiger partial charge in [-0.25, -0.2) is 0 Å². The average molecular weight is 370 g/mol. The highest BCUT2D eigenvalue weighted by Gasteiger charge is 2.38. The van der Waals surface area contributed by atoms with Crippen LogP contribution in [-0.2, 0) is 19.2 Å². The van der Waals surface area contributed by atoms with Gasteiger partial charge in [0, 0.05) is 9.81 Å². The molecule has 0 aliphatic carbocycles. The molecule has 0 radical (unpaired) electrons. The molecule has 22 heavy (non-hydrogen) atoms. The molecule has 0 aromatic carbocycles. The molecule has 0 bridgehead atoms. The number of hydrogen-bond acceptors (Lipinski definition) is 8. The molecular weight excluding hydrogens is 364 g/mol. The Morgan fingerprint density at radius 3 is 1.45 bits per heavy atom. The van der Waals surface area contributed by atoms with Gasteiger partial charge in [-0.15, -0.1) is 0 Å². The van der Waals surface area contributed by atoms with E-state index in [9.17, 15) is 19.2 Å². The van der Waals surface area contributed by atoms with E-state index in [0.29, 0.717) is 9.81 Å². The Labute approximate surface area is 141 Å². The fourth-order valence-electron chi connectivity index (χ4n) is 2.15. The van der Waals surface area contributed by atoms with E-state index in [4.69, 9.17) is 0 Å². The minimum Gasteiger partial charge on any atom is -0.292 e. The van der Waals surface area contributed by atoms with Crippen molar-refractivity contribution in [3.8, 4) is 0 Å². The van der Waals surface area contributed by atoms with Gasteiger partial charge in [-0.2, -0.15) is 0 Å². The highest BCUT2D eigenvalue weighted by atomic mass is 32.2. The normalized spacial score (nSPS) is 28.0. The summed E-state index contributed by atoms with van der Waals surface area (Å²) in [6.07, 6.45) is 0.411. The number of rotatable bonds is 0. The molecule has 0 saturated heterocycles. The van der Waals surface area contributed by atoms with E-state index in [1.54, 1.807) is 0 Å². The van der Waals surface area contributed by atoms with Crippen molar-refractivity contribution in [1.29, 1.82) is 0 Å². The van der Waals surface area contributed by atoms with Crippen molar-refractivity contribution in [2.75, 3.05) is 0 Å². The Kier molecular flexibility index (Phi) is 3.44. The summed E-state index contributed by atoms with van der Waals surface area (Å²) in [5, 5.41) is 4.60. The average Bonchev–Trinajstić information content (AvgIpc) is 3.01. The molecule has 0 spiro atoms. The molecule has 10 heteroatoms. The summed E-state index contributed by atoms with van der Waals surface area (Å²) in [5.41, 5.74) is 0. The van der Waals surface area contributed by atoms with E-state index in [0.717, 1.165) is 18.3 Å². The smallest absolute Gasteiger partial charge is 0.265 e. The van der Waals surface area contributed by atoms with Gasteiger partial charge in [0.25, 0.3) is 11.8 Å². The first-order valence-corrected chi connectivity index (χ1v) is 9.38. The predicted molar refractivity (Wildman–Crippen MR) is 87.0 cm³/mol. The first kappa shape index (κ1) is 14.5. The quantitative estimate of drug-likeness (QED) is 0.621. The van der Waals surface area contributed by atoms with Crippen molar-refractivity contribution in [3.05, 3.63) is 28.1 Å². The minimum absolute atomic E-state index is 0.205. The van der Waals surface area contributed by atoms with Crippen LogP contribution in [-0.4, -0.2) is 23.6 Å². The molecule has 0 atom stereocenters. The summed E-state index contributed by atoms with van der Waals surface area (Å²) in [6.45, 7) is 0. The molecule has 0 saturated carbocycles. The van der Waals surface area contributed by atoms with Crippen LogP contribution in [0.15, 0.2) is 28.1 Å². The summed E-state index contributed by atoms with van der Waals surface area (Å²) in [7, 11) is 0. The molecule has 0 aromatic rings. The Bertz CT molecular complexity index is 716. The third-order valence-electron chi connectivity index (χ3n) is 3.06. The van der Waals surface area contributed by atoms with E-state index in [-0.39, 0.29) is 36.5 Å². The highest BCUT2D eigenvalue weighted by Crippen LogP contribution is 2.61. The van der Waals surface area contributed by atoms with E-state index in [1.165, 1.54) is 47.0 Å². The zero-order chi connectivity index (χ0) is 15.4. The zero-order valence-electron chi connectivity index (χ0n) is 10.7. The minimum atomic E-state index is -0.363. The largest absolute Gasteiger partial charge is 0.292 e. The summed E-state index contributed by atoms with van der Waals surface area (Å²) in [4.78, 5) is 49.1. The number of imide groups is 2. The Morgan fingerprint density at radius 2 is 1.05 bits per heavy atom. The van der Waals surface area contributed by atoms with Crippen molar-refractivity contribution in [2.24, 2.45) is 0 Å². The first-order chi connectivity index (χ1) is 10.5. The fourth-order valence-corrected chi connectivity index (χ4v) is 7.67. The summed E-state index contributed by atoms with van der Waals surface area (Å²) in [5.74, 6) is -1.31. The lowest BCUT2D eigenvalue weighted by Gasteiger charge is -2.10. The number of amides is 4. The lowest BCUT2D eigenvalue weighted by molar-refractivity contribution is -0.130. The topological polar surface area (TPSA) is 92.3 Å². The van der Waals surface area contributed by atoms with Crippen LogP contribution in [0.25, 0.3) is 0 Å². The molecule has 0 fully saturated rings. The summed E-state index contributed by atoms with van der Waals surface area (Å²) < 4.78 is 1.78. The van der Waals surface area contributed by atoms with Crippen LogP contribution in [0.1, 0.15) is 12.8 Å². The van der Waals surface area contributed by atoms with Gasteiger partial charge in [-0.1, -0.05) is 47.0 Å². The van der Waals surface area contributed by atoms with E-state index in [2.05, 4.69) is 10.6 Å². The second kappa shape index (κ2) is 5.22. The van der Waals surface area contributed by atoms with Crippen LogP contribution in [0.4, 0.5) is 0 Å². The SMILES string of the molecule is O=C1CC2=C(S/C(=C3/SC4=C(S3)C(=O)NC(=O)C4)S2)C(=O)N1. The van der Waals surface area contributed by atoms with Gasteiger partial charge in [0.15, 0.2) is 0 Å². The second-order valence-electron chi connectivity index (χ2n) is 4.60. The van der Waals surface area contributed by atoms with Crippen LogP contribution in [0.3, 0.4) is 0 Å². The molecule has 4 aliphatic heterocycles.